The van der Waals surface area contributed by atoms with E-state index in [9.17, 15) is 0 Å². The van der Waals surface area contributed by atoms with Gasteiger partial charge in [-0.05, 0) is 32.1 Å². The van der Waals surface area contributed by atoms with E-state index in [2.05, 4.69) is 15.1 Å². The van der Waals surface area contributed by atoms with Crippen molar-refractivity contribution in [2.45, 2.75) is 44.1 Å². The summed E-state index contributed by atoms with van der Waals surface area (Å²) in [6.45, 7) is 2.34. The molecule has 1 saturated carbocycles. The molecule has 2 fully saturated rings. The molecule has 0 aromatic carbocycles. The molecule has 0 amide bonds. The molecule has 1 saturated heterocycles. The number of aryl methyl sites for hydroxylation is 2. The van der Waals surface area contributed by atoms with Gasteiger partial charge in [0.1, 0.15) is 24.1 Å². The second-order valence-corrected chi connectivity index (χ2v) is 7.06. The summed E-state index contributed by atoms with van der Waals surface area (Å²) in [4.78, 5) is 12.2. The van der Waals surface area contributed by atoms with Crippen molar-refractivity contribution in [3.05, 3.63) is 29.2 Å². The Hall–Kier alpha value is -2.02. The number of ether oxygens (including phenoxy) is 1. The first-order valence-electron chi connectivity index (χ1n) is 8.89. The summed E-state index contributed by atoms with van der Waals surface area (Å²) < 4.78 is 7.89. The zero-order valence-electron chi connectivity index (χ0n) is 14.0. The molecule has 7 nitrogen and oxygen atoms in total. The molecule has 1 aliphatic heterocycles. The monoisotopic (exact) mass is 326 g/mol. The van der Waals surface area contributed by atoms with E-state index in [1.165, 1.54) is 30.5 Å². The van der Waals surface area contributed by atoms with Gasteiger partial charge < -0.3 is 14.2 Å². The van der Waals surface area contributed by atoms with E-state index in [-0.39, 0.29) is 6.10 Å². The Balaban J connectivity index is 1.48. The molecular weight excluding hydrogens is 304 g/mol. The maximum absolute atomic E-state index is 5.96. The van der Waals surface area contributed by atoms with Gasteiger partial charge in [-0.15, -0.1) is 10.2 Å². The molecule has 7 heteroatoms. The average molecular weight is 326 g/mol. The van der Waals surface area contributed by atoms with Crippen LogP contribution in [-0.4, -0.2) is 44.4 Å². The maximum Gasteiger partial charge on any atom is 0.163 e. The van der Waals surface area contributed by atoms with E-state index in [1.54, 1.807) is 6.33 Å². The molecule has 2 aliphatic carbocycles. The van der Waals surface area contributed by atoms with Crippen LogP contribution < -0.4 is 4.90 Å². The van der Waals surface area contributed by atoms with Gasteiger partial charge in [0.05, 0.1) is 13.2 Å². The van der Waals surface area contributed by atoms with Gasteiger partial charge in [-0.2, -0.15) is 0 Å². The summed E-state index contributed by atoms with van der Waals surface area (Å²) in [5, 5.41) is 8.21. The molecule has 3 heterocycles. The molecule has 126 valence electrons. The third kappa shape index (κ3) is 2.38. The van der Waals surface area contributed by atoms with Gasteiger partial charge in [0.25, 0.3) is 0 Å². The van der Waals surface area contributed by atoms with Crippen molar-refractivity contribution in [1.82, 2.24) is 24.7 Å². The smallest absolute Gasteiger partial charge is 0.163 e. The summed E-state index contributed by atoms with van der Waals surface area (Å²) in [6.07, 6.45) is 7.55. The Kier molecular flexibility index (Phi) is 3.29. The zero-order chi connectivity index (χ0) is 16.1. The number of morpholine rings is 1. The first-order chi connectivity index (χ1) is 11.8. The van der Waals surface area contributed by atoms with E-state index in [0.29, 0.717) is 12.5 Å². The second kappa shape index (κ2) is 5.51. The van der Waals surface area contributed by atoms with Crippen molar-refractivity contribution in [2.24, 2.45) is 7.05 Å². The molecule has 0 bridgehead atoms. The minimum absolute atomic E-state index is 0.0531. The second-order valence-electron chi connectivity index (χ2n) is 7.06. The summed E-state index contributed by atoms with van der Waals surface area (Å²) in [7, 11) is 1.96. The third-order valence-electron chi connectivity index (χ3n) is 5.27. The van der Waals surface area contributed by atoms with Gasteiger partial charge in [-0.1, -0.05) is 0 Å². The molecule has 0 spiro atoms. The predicted molar refractivity (Wildman–Crippen MR) is 87.9 cm³/mol. The SMILES string of the molecule is Cn1cnnc1[C@H]1CN(c2nc(C3CC3)nc3c2CCC3)CCO1. The minimum Gasteiger partial charge on any atom is -0.366 e. The first kappa shape index (κ1) is 14.3. The molecular formula is C17H22N6O. The number of hydrogen-bond acceptors (Lipinski definition) is 6. The molecule has 0 unspecified atom stereocenters. The quantitative estimate of drug-likeness (QED) is 0.852. The lowest BCUT2D eigenvalue weighted by Gasteiger charge is -2.34. The molecule has 5 rings (SSSR count). The van der Waals surface area contributed by atoms with Crippen LogP contribution in [0.25, 0.3) is 0 Å². The standard InChI is InChI=1S/C17H22N6O/c1-22-10-18-21-17(22)14-9-23(7-8-24-14)16-12-3-2-4-13(12)19-15(20-16)11-5-6-11/h10-11,14H,2-9H2,1H3/t14-/m1/s1. The Morgan fingerprint density at radius 3 is 2.92 bits per heavy atom. The van der Waals surface area contributed by atoms with Crippen molar-refractivity contribution >= 4 is 5.82 Å². The van der Waals surface area contributed by atoms with Crippen LogP contribution in [0.1, 0.15) is 54.2 Å². The summed E-state index contributed by atoms with van der Waals surface area (Å²) in [5.41, 5.74) is 2.64. The van der Waals surface area contributed by atoms with Gasteiger partial charge in [0.15, 0.2) is 5.82 Å². The highest BCUT2D eigenvalue weighted by Gasteiger charge is 2.33. The predicted octanol–water partition coefficient (Wildman–Crippen LogP) is 1.55. The summed E-state index contributed by atoms with van der Waals surface area (Å²) in [5.74, 6) is 3.68. The molecule has 2 aromatic rings. The van der Waals surface area contributed by atoms with Gasteiger partial charge in [-0.3, -0.25) is 0 Å². The highest BCUT2D eigenvalue weighted by Crippen LogP contribution is 2.41. The van der Waals surface area contributed by atoms with Crippen molar-refractivity contribution in [2.75, 3.05) is 24.6 Å². The molecule has 0 N–H and O–H groups in total. The molecule has 0 radical (unpaired) electrons. The average Bonchev–Trinajstić information content (AvgIpc) is 3.20. The van der Waals surface area contributed by atoms with Crippen LogP contribution in [0.4, 0.5) is 5.82 Å². The summed E-state index contributed by atoms with van der Waals surface area (Å²) >= 11 is 0. The van der Waals surface area contributed by atoms with Crippen molar-refractivity contribution in [3.63, 3.8) is 0 Å². The van der Waals surface area contributed by atoms with Crippen LogP contribution in [0.3, 0.4) is 0 Å². The van der Waals surface area contributed by atoms with Crippen molar-refractivity contribution < 1.29 is 4.74 Å². The third-order valence-corrected chi connectivity index (χ3v) is 5.27. The number of rotatable bonds is 3. The number of hydrogen-bond donors (Lipinski definition) is 0. The largest absolute Gasteiger partial charge is 0.366 e. The molecule has 2 aromatic heterocycles. The van der Waals surface area contributed by atoms with Crippen LogP contribution in [0.5, 0.6) is 0 Å². The number of aromatic nitrogens is 5. The minimum atomic E-state index is -0.0531. The maximum atomic E-state index is 5.96. The van der Waals surface area contributed by atoms with Crippen LogP contribution >= 0.6 is 0 Å². The van der Waals surface area contributed by atoms with Crippen LogP contribution in [0.15, 0.2) is 6.33 Å². The Morgan fingerprint density at radius 2 is 2.12 bits per heavy atom. The fourth-order valence-electron chi connectivity index (χ4n) is 3.80. The zero-order valence-corrected chi connectivity index (χ0v) is 14.0. The van der Waals surface area contributed by atoms with Crippen LogP contribution in [0.2, 0.25) is 0 Å². The highest BCUT2D eigenvalue weighted by atomic mass is 16.5. The van der Waals surface area contributed by atoms with Gasteiger partial charge >= 0.3 is 0 Å². The number of anilines is 1. The van der Waals surface area contributed by atoms with E-state index in [4.69, 9.17) is 14.7 Å². The molecule has 1 atom stereocenters. The van der Waals surface area contributed by atoms with E-state index in [1.807, 2.05) is 11.6 Å². The Labute approximate surface area is 141 Å². The van der Waals surface area contributed by atoms with Gasteiger partial charge in [0.2, 0.25) is 0 Å². The molecule has 24 heavy (non-hydrogen) atoms. The first-order valence-corrected chi connectivity index (χ1v) is 8.89. The lowest BCUT2D eigenvalue weighted by atomic mass is 10.2. The number of nitrogens with zero attached hydrogens (tertiary/aromatic N) is 6. The topological polar surface area (TPSA) is 69.0 Å². The van der Waals surface area contributed by atoms with Crippen LogP contribution in [0, 0.1) is 0 Å². The fourth-order valence-corrected chi connectivity index (χ4v) is 3.80. The van der Waals surface area contributed by atoms with E-state index in [0.717, 1.165) is 43.4 Å². The Bertz CT molecular complexity index is 768. The lowest BCUT2D eigenvalue weighted by Crippen LogP contribution is -2.40. The van der Waals surface area contributed by atoms with Crippen LogP contribution in [-0.2, 0) is 24.6 Å². The molecule has 3 aliphatic rings. The van der Waals surface area contributed by atoms with Crippen molar-refractivity contribution in [3.8, 4) is 0 Å². The number of fused-ring (bicyclic) bond motifs is 1. The lowest BCUT2D eigenvalue weighted by molar-refractivity contribution is 0.0318. The van der Waals surface area contributed by atoms with E-state index >= 15 is 0 Å². The Morgan fingerprint density at radius 1 is 1.21 bits per heavy atom. The van der Waals surface area contributed by atoms with Crippen molar-refractivity contribution in [1.29, 1.82) is 0 Å². The van der Waals surface area contributed by atoms with E-state index < -0.39 is 0 Å². The normalized spacial score (nSPS) is 23.5. The summed E-state index contributed by atoms with van der Waals surface area (Å²) in [6, 6.07) is 0. The highest BCUT2D eigenvalue weighted by molar-refractivity contribution is 5.52. The fraction of sp³-hybridized carbons (Fsp3) is 0.647. The van der Waals surface area contributed by atoms with Gasteiger partial charge in [0, 0.05) is 30.8 Å². The van der Waals surface area contributed by atoms with Gasteiger partial charge in [-0.25, -0.2) is 9.97 Å².